The normalized spacial score (nSPS) is 20.4. The number of carbonyl (C=O) groups is 9. The third-order valence-corrected chi connectivity index (χ3v) is 26.9. The third-order valence-electron chi connectivity index (χ3n) is 26.9. The van der Waals surface area contributed by atoms with E-state index in [0.29, 0.717) is 77.1 Å². The van der Waals surface area contributed by atoms with E-state index in [2.05, 4.69) is 127 Å². The number of fused-ring (bicyclic) bond motifs is 12. The smallest absolute Gasteiger partial charge is 0.410 e. The molecule has 16 atom stereocenters. The molecule has 0 saturated carbocycles. The van der Waals surface area contributed by atoms with Gasteiger partial charge in [0.25, 0.3) is 0 Å². The number of carbonyl (C=O) groups excluding carboxylic acids is 8. The van der Waals surface area contributed by atoms with Gasteiger partial charge in [0.2, 0.25) is 17.7 Å². The maximum Gasteiger partial charge on any atom is 0.410 e. The van der Waals surface area contributed by atoms with E-state index in [4.69, 9.17) is 72.4 Å². The van der Waals surface area contributed by atoms with Gasteiger partial charge in [0.05, 0.1) is 124 Å². The lowest BCUT2D eigenvalue weighted by molar-refractivity contribution is -0.142. The van der Waals surface area contributed by atoms with Gasteiger partial charge in [0.15, 0.2) is 6.04 Å². The second-order valence-electron chi connectivity index (χ2n) is 37.4. The number of rotatable bonds is 26. The molecule has 37 heteroatoms. The number of ether oxygens (including phenoxy) is 11. The number of carboxylic acids is 1. The van der Waals surface area contributed by atoms with Gasteiger partial charge in [-0.15, -0.1) is 0 Å². The van der Waals surface area contributed by atoms with Crippen LogP contribution in [0.5, 0.6) is 11.5 Å². The molecule has 9 N–H and O–H groups in total. The highest BCUT2D eigenvalue weighted by atomic mass is 16.6. The number of hydrogen-bond acceptors (Lipinski definition) is 24. The number of methoxy groups -OCH3 is 8. The minimum absolute atomic E-state index is 0. The number of alkyl carbamates (subject to hydrolysis) is 4. The minimum atomic E-state index is -1.17. The maximum absolute atomic E-state index is 14.1. The predicted octanol–water partition coefficient (Wildman–Crippen LogP) is 15.4. The number of imidazole rings is 4. The number of H-pyrrole nitrogens is 4. The summed E-state index contributed by atoms with van der Waals surface area (Å²) in [6.07, 6.45) is 3.59. The number of nitrogens with one attached hydrogen (secondary N) is 8. The van der Waals surface area contributed by atoms with Crippen molar-refractivity contribution in [3.63, 3.8) is 0 Å². The number of carboxylic acid groups (broad SMARTS) is 1. The summed E-state index contributed by atoms with van der Waals surface area (Å²) in [5, 5.41) is 22.9. The van der Waals surface area contributed by atoms with Crippen LogP contribution < -0.4 is 30.7 Å². The van der Waals surface area contributed by atoms with Gasteiger partial charge in [-0.2, -0.15) is 0 Å². The first-order chi connectivity index (χ1) is 65.1. The highest BCUT2D eigenvalue weighted by Gasteiger charge is 2.47. The fourth-order valence-electron chi connectivity index (χ4n) is 19.2. The van der Waals surface area contributed by atoms with Gasteiger partial charge in [0.1, 0.15) is 71.7 Å². The van der Waals surface area contributed by atoms with Gasteiger partial charge in [0, 0.05) is 88.4 Å². The van der Waals surface area contributed by atoms with Crippen LogP contribution in [0.2, 0.25) is 0 Å². The zero-order valence-electron chi connectivity index (χ0n) is 80.6. The molecule has 10 aromatic rings. The number of aromatic nitrogens is 8. The molecule has 0 radical (unpaired) electrons. The fraction of sp³-hybridized carbons (Fsp3) is 0.510. The Morgan fingerprint density at radius 3 is 1.24 bits per heavy atom. The first-order valence-corrected chi connectivity index (χ1v) is 46.2. The van der Waals surface area contributed by atoms with Crippen LogP contribution >= 0.6 is 0 Å². The fourth-order valence-corrected chi connectivity index (χ4v) is 19.2. The van der Waals surface area contributed by atoms with Crippen molar-refractivity contribution in [3.05, 3.63) is 132 Å². The molecule has 137 heavy (non-hydrogen) atoms. The Morgan fingerprint density at radius 2 is 0.847 bits per heavy atom. The van der Waals surface area contributed by atoms with Gasteiger partial charge in [-0.3, -0.25) is 19.3 Å². The number of nitrogens with zero attached hydrogens (tertiary/aromatic N) is 8. The maximum atomic E-state index is 14.1. The van der Waals surface area contributed by atoms with Gasteiger partial charge >= 0.3 is 36.4 Å². The van der Waals surface area contributed by atoms with E-state index in [1.54, 1.807) is 30.9 Å². The molecule has 4 aromatic heterocycles. The van der Waals surface area contributed by atoms with Crippen molar-refractivity contribution >= 4 is 97.8 Å². The Bertz CT molecular complexity index is 6060. The number of aliphatic carboxylic acids is 1. The van der Waals surface area contributed by atoms with E-state index in [-0.39, 0.29) is 84.9 Å². The standard InChI is InChI=1S/C47H58N8O9.C45H55N7O7.C7H13NO5.CH4/c1-9-25(3)39(52-46(58)62-7)44(56)54-20-24(2)14-36(54)42-48-19-35(50-42)29-10-12-31-30(16-29)23-64-38-18-32-28(17-33(31)38)11-13-34-41(32)51-43(49-34)37-15-27(22-60-5)21-55(37)45(57)40(26(4)61-6)53-47(59)63-8;1-9-25(3)38(50-43(54)57-8)42(53)51-20-24(2)14-35(51)40-46-19-34(48-40)28-10-12-30-29(16-28)23-58-37-18-31-27(17-32(30)37)11-13-33-39(31)49-41(47-33)36-15-26(22-56-7)21-52(36)44(55)59-45(4,5)6;1-4(12-2)5(6(9)10)8-7(11)13-3;/h10-13,16-19,24-27,36-37,39-40H,9,14-15,20-23H2,1-8H3,(H,48,50)(H,49,51)(H,52,58)(H,53,59);10-13,16-19,24-26,35-36,38H,9,14-15,20-23H2,1-8H3,(H,46,48)(H,47,49)(H,50,54);4-5H,1-3H3,(H,8,11)(H,9,10);1H4/t24-,25?,26?,27-,36?,37-,39-,40-;24-,25?,26-,35?,36-,38-;4-,5+;/m001./s1. The van der Waals surface area contributed by atoms with E-state index in [1.165, 1.54) is 42.5 Å². The van der Waals surface area contributed by atoms with Gasteiger partial charge in [-0.05, 0) is 177 Å². The summed E-state index contributed by atoms with van der Waals surface area (Å²) >= 11 is 0. The van der Waals surface area contributed by atoms with Crippen molar-refractivity contribution < 1.29 is 100 Å². The lowest BCUT2D eigenvalue weighted by atomic mass is 9.92. The molecule has 16 rings (SSSR count). The number of hydrogen-bond donors (Lipinski definition) is 9. The predicted molar refractivity (Wildman–Crippen MR) is 512 cm³/mol. The van der Waals surface area contributed by atoms with E-state index in [9.17, 15) is 43.2 Å². The van der Waals surface area contributed by atoms with E-state index >= 15 is 0 Å². The minimum Gasteiger partial charge on any atom is -0.488 e. The number of likely N-dealkylation sites (tertiary alicyclic amines) is 4. The van der Waals surface area contributed by atoms with Crippen LogP contribution in [0.4, 0.5) is 24.0 Å². The first kappa shape index (κ1) is 101. The third kappa shape index (κ3) is 22.0. The Labute approximate surface area is 796 Å². The molecule has 0 aliphatic carbocycles. The Balaban J connectivity index is 0.000000204. The van der Waals surface area contributed by atoms with Crippen LogP contribution in [0.3, 0.4) is 0 Å². The highest BCUT2D eigenvalue weighted by Crippen LogP contribution is 2.48. The molecule has 6 aliphatic heterocycles. The Kier molecular flexibility index (Phi) is 32.1. The lowest BCUT2D eigenvalue weighted by Crippen LogP contribution is -2.54. The average molecular weight is 1890 g/mol. The van der Waals surface area contributed by atoms with Crippen LogP contribution in [0.25, 0.3) is 88.4 Å². The van der Waals surface area contributed by atoms with Crippen LogP contribution in [0.1, 0.15) is 181 Å². The molecule has 6 aromatic carbocycles. The van der Waals surface area contributed by atoms with Gasteiger partial charge in [-0.25, -0.2) is 48.7 Å². The first-order valence-electron chi connectivity index (χ1n) is 46.2. The van der Waals surface area contributed by atoms with Crippen LogP contribution in [-0.4, -0.2) is 257 Å². The number of aromatic amines is 4. The molecule has 10 heterocycles. The molecule has 8 amide bonds. The zero-order chi connectivity index (χ0) is 97.6. The molecule has 736 valence electrons. The summed E-state index contributed by atoms with van der Waals surface area (Å²) < 4.78 is 58.7. The van der Waals surface area contributed by atoms with Crippen molar-refractivity contribution in [1.82, 2.24) is 80.7 Å². The average Bonchev–Trinajstić information content (AvgIpc) is 1.73. The van der Waals surface area contributed by atoms with Crippen molar-refractivity contribution in [3.8, 4) is 56.3 Å². The highest BCUT2D eigenvalue weighted by molar-refractivity contribution is 6.08. The zero-order valence-corrected chi connectivity index (χ0v) is 80.6. The molecule has 0 spiro atoms. The molecule has 4 fully saturated rings. The summed E-state index contributed by atoms with van der Waals surface area (Å²) in [5.74, 6) is 3.18. The number of benzene rings is 6. The van der Waals surface area contributed by atoms with Crippen LogP contribution in [0, 0.1) is 35.5 Å². The quantitative estimate of drug-likeness (QED) is 0.0227. The summed E-state index contributed by atoms with van der Waals surface area (Å²) in [4.78, 5) is 154. The molecule has 5 unspecified atom stereocenters. The summed E-state index contributed by atoms with van der Waals surface area (Å²) in [5.41, 5.74) is 12.5. The molecule has 37 nitrogen and oxygen atoms in total. The van der Waals surface area contributed by atoms with Gasteiger partial charge in [-0.1, -0.05) is 98.2 Å². The molecule has 4 saturated heterocycles. The lowest BCUT2D eigenvalue weighted by Gasteiger charge is -2.30. The summed E-state index contributed by atoms with van der Waals surface area (Å²) in [6, 6.07) is 24.6. The van der Waals surface area contributed by atoms with E-state index in [1.807, 2.05) is 88.9 Å². The Hall–Kier alpha value is -13.1. The van der Waals surface area contributed by atoms with Crippen molar-refractivity contribution in [2.45, 2.75) is 201 Å². The molecule has 6 aliphatic rings. The van der Waals surface area contributed by atoms with Crippen molar-refractivity contribution in [1.29, 1.82) is 0 Å². The molecule has 0 bridgehead atoms. The summed E-state index contributed by atoms with van der Waals surface area (Å²) in [7, 11) is 11.2. The topological polar surface area (TPSA) is 451 Å². The van der Waals surface area contributed by atoms with Gasteiger partial charge < -0.3 is 113 Å². The van der Waals surface area contributed by atoms with Crippen molar-refractivity contribution in [2.24, 2.45) is 35.5 Å². The van der Waals surface area contributed by atoms with Crippen molar-refractivity contribution in [2.75, 3.05) is 96.3 Å². The molecular formula is C100H130N16O21. The second kappa shape index (κ2) is 43.5. The van der Waals surface area contributed by atoms with Crippen LogP contribution in [0.15, 0.2) is 97.3 Å². The molecular weight excluding hydrogens is 1760 g/mol. The second-order valence-corrected chi connectivity index (χ2v) is 37.4. The summed E-state index contributed by atoms with van der Waals surface area (Å²) in [6.45, 7) is 24.9. The number of amides is 8. The Morgan fingerprint density at radius 1 is 0.467 bits per heavy atom. The monoisotopic (exact) mass is 1890 g/mol. The van der Waals surface area contributed by atoms with E-state index in [0.717, 1.165) is 155 Å². The van der Waals surface area contributed by atoms with Crippen LogP contribution in [-0.2, 0) is 75.0 Å². The SMILES string of the molecule is C.CCC(C)[C@H](NC(=O)OC)C(=O)N1C[C@@H](C)CC1c1ncc(-c2ccc3c(c2)COc2cc4c(ccc5[nH]c([C@@H]6C[C@H](COC)CN6C(=O)OC(C)(C)C)nc54)cc2-3)[nH]1.CCC(C)[C@H](NC(=O)OC)C(=O)N1C[C@@H](C)CC1c1ncc(-c2ccc3c(c2)COc2cc4c(ccc5[nH]c([C@@H]6C[C@H](COC)CN6C(=O)[C@@H](NC(=O)OC)C(C)OC)nc54)cc2-3)[nH]1.COC(=O)N[C@H](C(=O)O)[C@@H](C)OC. The largest absolute Gasteiger partial charge is 0.488 e. The van der Waals surface area contributed by atoms with E-state index < -0.39 is 78.4 Å².